The maximum atomic E-state index is 13.6. The maximum absolute atomic E-state index is 13.6. The second-order valence-electron chi connectivity index (χ2n) is 10.9. The van der Waals surface area contributed by atoms with Crippen LogP contribution in [0.2, 0.25) is 0 Å². The quantitative estimate of drug-likeness (QED) is 0.0329. The lowest BCUT2D eigenvalue weighted by Crippen LogP contribution is -2.57. The molecule has 0 heterocycles. The summed E-state index contributed by atoms with van der Waals surface area (Å²) in [6, 6.07) is 4.92. The van der Waals surface area contributed by atoms with Gasteiger partial charge in [0.05, 0.1) is 6.04 Å². The van der Waals surface area contributed by atoms with Gasteiger partial charge in [-0.1, -0.05) is 38.0 Å². The van der Waals surface area contributed by atoms with E-state index in [1.807, 2.05) is 6.92 Å². The molecule has 4 atom stereocenters. The Kier molecular flexibility index (Phi) is 20.2. The minimum Gasteiger partial charge on any atom is -0.370 e. The molecular formula is C31H53N9O5. The first kappa shape index (κ1) is 39.0. The van der Waals surface area contributed by atoms with Gasteiger partial charge < -0.3 is 49.0 Å². The molecule has 1 aromatic carbocycles. The van der Waals surface area contributed by atoms with Gasteiger partial charge in [0.1, 0.15) is 24.4 Å². The summed E-state index contributed by atoms with van der Waals surface area (Å²) in [7, 11) is 0. The number of aliphatic imine (C=N–C) groups is 1. The third-order valence-electron chi connectivity index (χ3n) is 7.12. The molecule has 0 spiro atoms. The van der Waals surface area contributed by atoms with Gasteiger partial charge in [-0.15, -0.1) is 0 Å². The van der Waals surface area contributed by atoms with Crippen molar-refractivity contribution in [3.63, 3.8) is 0 Å². The minimum atomic E-state index is -1.02. The van der Waals surface area contributed by atoms with Crippen molar-refractivity contribution in [1.82, 2.24) is 21.3 Å². The van der Waals surface area contributed by atoms with Crippen LogP contribution < -0.4 is 44.2 Å². The van der Waals surface area contributed by atoms with E-state index < -0.39 is 47.8 Å². The predicted octanol–water partition coefficient (Wildman–Crippen LogP) is -0.0599. The van der Waals surface area contributed by atoms with Crippen LogP contribution in [0.25, 0.3) is 0 Å². The van der Waals surface area contributed by atoms with Crippen molar-refractivity contribution in [3.05, 3.63) is 35.9 Å². The molecule has 0 aromatic heterocycles. The highest BCUT2D eigenvalue weighted by atomic mass is 16.2. The second kappa shape index (κ2) is 23.4. The number of hydrogen-bond acceptors (Lipinski definition) is 8. The lowest BCUT2D eigenvalue weighted by atomic mass is 10.0. The normalized spacial score (nSPS) is 13.4. The Morgan fingerprint density at radius 2 is 1.22 bits per heavy atom. The van der Waals surface area contributed by atoms with Crippen LogP contribution >= 0.6 is 0 Å². The summed E-state index contributed by atoms with van der Waals surface area (Å²) in [6.07, 6.45) is 6.25. The smallest absolute Gasteiger partial charge is 0.251 e. The zero-order valence-electron chi connectivity index (χ0n) is 26.5. The summed E-state index contributed by atoms with van der Waals surface area (Å²) in [5.41, 5.74) is 22.4. The van der Waals surface area contributed by atoms with Crippen LogP contribution in [0.3, 0.4) is 0 Å². The lowest BCUT2D eigenvalue weighted by Gasteiger charge is -2.26. The highest BCUT2D eigenvalue weighted by Gasteiger charge is 2.30. The van der Waals surface area contributed by atoms with Crippen molar-refractivity contribution in [2.45, 2.75) is 102 Å². The SMILES string of the molecule is CCCC[C@H](NC(=O)c1ccccc1)C(=O)N[C@@H](CCCCN)C(=O)N[C@@H](CCCN=C(N)N)C(=O)N[C@H](C=O)CCCCN. The van der Waals surface area contributed by atoms with Gasteiger partial charge >= 0.3 is 0 Å². The molecule has 45 heavy (non-hydrogen) atoms. The maximum Gasteiger partial charge on any atom is 0.251 e. The Bertz CT molecular complexity index is 1070. The van der Waals surface area contributed by atoms with Crippen molar-refractivity contribution < 1.29 is 24.0 Å². The number of nitrogens with one attached hydrogen (secondary N) is 4. The summed E-state index contributed by atoms with van der Waals surface area (Å²) >= 11 is 0. The molecule has 0 saturated carbocycles. The first-order valence-electron chi connectivity index (χ1n) is 15.8. The van der Waals surface area contributed by atoms with Gasteiger partial charge in [0.15, 0.2) is 5.96 Å². The molecular weight excluding hydrogens is 578 g/mol. The Morgan fingerprint density at radius 1 is 0.711 bits per heavy atom. The van der Waals surface area contributed by atoms with Crippen molar-refractivity contribution in [2.75, 3.05) is 19.6 Å². The van der Waals surface area contributed by atoms with Crippen molar-refractivity contribution in [2.24, 2.45) is 27.9 Å². The van der Waals surface area contributed by atoms with E-state index in [4.69, 9.17) is 22.9 Å². The highest BCUT2D eigenvalue weighted by molar-refractivity contribution is 5.98. The number of amides is 4. The molecule has 1 aromatic rings. The average molecular weight is 632 g/mol. The fourth-order valence-corrected chi connectivity index (χ4v) is 4.55. The monoisotopic (exact) mass is 631 g/mol. The zero-order chi connectivity index (χ0) is 33.5. The Hall–Kier alpha value is -4.04. The van der Waals surface area contributed by atoms with E-state index in [1.165, 1.54) is 0 Å². The first-order valence-corrected chi connectivity index (χ1v) is 15.8. The van der Waals surface area contributed by atoms with Crippen LogP contribution in [0.4, 0.5) is 0 Å². The Labute approximate surface area is 266 Å². The van der Waals surface area contributed by atoms with Gasteiger partial charge in [0, 0.05) is 12.1 Å². The largest absolute Gasteiger partial charge is 0.370 e. The van der Waals surface area contributed by atoms with Gasteiger partial charge in [-0.3, -0.25) is 24.2 Å². The molecule has 0 aliphatic carbocycles. The number of rotatable bonds is 24. The number of benzene rings is 1. The fourth-order valence-electron chi connectivity index (χ4n) is 4.55. The zero-order valence-corrected chi connectivity index (χ0v) is 26.5. The predicted molar refractivity (Wildman–Crippen MR) is 175 cm³/mol. The first-order chi connectivity index (χ1) is 21.7. The summed E-state index contributed by atoms with van der Waals surface area (Å²) in [5.74, 6) is -2.11. The molecule has 0 saturated heterocycles. The number of aldehydes is 1. The number of unbranched alkanes of at least 4 members (excludes halogenated alkanes) is 3. The number of nitrogens with zero attached hydrogens (tertiary/aromatic N) is 1. The van der Waals surface area contributed by atoms with E-state index in [2.05, 4.69) is 26.3 Å². The van der Waals surface area contributed by atoms with E-state index in [0.717, 1.165) is 6.42 Å². The van der Waals surface area contributed by atoms with Crippen LogP contribution in [0.15, 0.2) is 35.3 Å². The summed E-state index contributed by atoms with van der Waals surface area (Å²) in [6.45, 7) is 3.08. The van der Waals surface area contributed by atoms with Gasteiger partial charge in [0.2, 0.25) is 17.7 Å². The van der Waals surface area contributed by atoms with Crippen molar-refractivity contribution in [1.29, 1.82) is 0 Å². The van der Waals surface area contributed by atoms with Crippen LogP contribution in [0.1, 0.15) is 87.9 Å². The molecule has 14 heteroatoms. The summed E-state index contributed by atoms with van der Waals surface area (Å²) < 4.78 is 0. The van der Waals surface area contributed by atoms with Crippen molar-refractivity contribution in [3.8, 4) is 0 Å². The molecule has 0 unspecified atom stereocenters. The molecule has 0 fully saturated rings. The summed E-state index contributed by atoms with van der Waals surface area (Å²) in [5, 5.41) is 11.0. The minimum absolute atomic E-state index is 0.0966. The van der Waals surface area contributed by atoms with E-state index in [9.17, 15) is 24.0 Å². The fraction of sp³-hybridized carbons (Fsp3) is 0.613. The van der Waals surface area contributed by atoms with Crippen molar-refractivity contribution >= 4 is 35.9 Å². The molecule has 12 N–H and O–H groups in total. The molecule has 0 bridgehead atoms. The van der Waals surface area contributed by atoms with Gasteiger partial charge in [-0.25, -0.2) is 0 Å². The molecule has 0 aliphatic heterocycles. The lowest BCUT2D eigenvalue weighted by molar-refractivity contribution is -0.133. The third kappa shape index (κ3) is 16.6. The van der Waals surface area contributed by atoms with Crippen LogP contribution in [0.5, 0.6) is 0 Å². The van der Waals surface area contributed by atoms with Gasteiger partial charge in [0.25, 0.3) is 5.91 Å². The topological polar surface area (TPSA) is 250 Å². The second-order valence-corrected chi connectivity index (χ2v) is 10.9. The summed E-state index contributed by atoms with van der Waals surface area (Å²) in [4.78, 5) is 68.7. The van der Waals surface area contributed by atoms with E-state index in [-0.39, 0.29) is 25.3 Å². The number of carbonyl (C=O) groups excluding carboxylic acids is 5. The van der Waals surface area contributed by atoms with E-state index in [0.29, 0.717) is 76.3 Å². The van der Waals surface area contributed by atoms with Crippen LogP contribution in [-0.2, 0) is 19.2 Å². The third-order valence-corrected chi connectivity index (χ3v) is 7.12. The molecule has 14 nitrogen and oxygen atoms in total. The van der Waals surface area contributed by atoms with Crippen LogP contribution in [-0.4, -0.2) is 79.7 Å². The number of hydrogen-bond donors (Lipinski definition) is 8. The molecule has 1 rings (SSSR count). The molecule has 4 amide bonds. The van der Waals surface area contributed by atoms with Crippen LogP contribution in [0, 0.1) is 0 Å². The Balaban J connectivity index is 3.12. The van der Waals surface area contributed by atoms with E-state index in [1.54, 1.807) is 30.3 Å². The molecule has 0 aliphatic rings. The number of guanidine groups is 1. The number of carbonyl (C=O) groups is 5. The van der Waals surface area contributed by atoms with E-state index >= 15 is 0 Å². The van der Waals surface area contributed by atoms with Gasteiger partial charge in [-0.05, 0) is 83.0 Å². The molecule has 0 radical (unpaired) electrons. The molecule has 252 valence electrons. The average Bonchev–Trinajstić information content (AvgIpc) is 3.03. The number of nitrogens with two attached hydrogens (primary N) is 4. The standard InChI is InChI=1S/C31H53N9O5/c1-2-3-15-24(38-27(42)22-12-5-4-6-13-22)29(44)39-25(16-8-10-19-33)30(45)40-26(17-11-20-36-31(34)35)28(43)37-23(21-41)14-7-9-18-32/h4-6,12-13,21,23-26H,2-3,7-11,14-20,32-33H2,1H3,(H,37,43)(H,38,42)(H,39,44)(H,40,45)(H4,34,35,36)/t23-,24-,25-,26-/m0/s1. The Morgan fingerprint density at radius 3 is 1.76 bits per heavy atom. The highest BCUT2D eigenvalue weighted by Crippen LogP contribution is 2.09. The van der Waals surface area contributed by atoms with Gasteiger partial charge in [-0.2, -0.15) is 0 Å².